The molecule has 289 valence electrons. The molecule has 0 atom stereocenters. The predicted octanol–water partition coefficient (Wildman–Crippen LogP) is 13.6. The van der Waals surface area contributed by atoms with Gasteiger partial charge in [0.05, 0.1) is 19.2 Å². The van der Waals surface area contributed by atoms with Crippen molar-refractivity contribution in [3.05, 3.63) is 151 Å². The quantitative estimate of drug-likeness (QED) is 0.118. The van der Waals surface area contributed by atoms with Crippen LogP contribution in [0.5, 0.6) is 0 Å². The van der Waals surface area contributed by atoms with Gasteiger partial charge in [-0.3, -0.25) is 0 Å². The Hall–Kier alpha value is -5.20. The van der Waals surface area contributed by atoms with E-state index in [0.717, 1.165) is 78.4 Å². The van der Waals surface area contributed by atoms with Crippen molar-refractivity contribution in [2.75, 3.05) is 0 Å². The summed E-state index contributed by atoms with van der Waals surface area (Å²) >= 11 is 0. The summed E-state index contributed by atoms with van der Waals surface area (Å²) in [7, 11) is -1.44. The molecule has 0 aliphatic heterocycles. The summed E-state index contributed by atoms with van der Waals surface area (Å²) in [6, 6.07) is 41.8. The molecule has 0 aliphatic rings. The van der Waals surface area contributed by atoms with Crippen LogP contribution in [0.3, 0.4) is 0 Å². The number of furan rings is 2. The molecule has 9 aromatic rings. The van der Waals surface area contributed by atoms with E-state index in [1.165, 1.54) is 22.4 Å². The number of hydrogen-bond donors (Lipinski definition) is 0. The fraction of sp³-hybridized carbons (Fsp3) is 0.200. The van der Waals surface area contributed by atoms with Crippen molar-refractivity contribution in [3.8, 4) is 33.6 Å². The average molecular weight is 945 g/mol. The third-order valence-electron chi connectivity index (χ3n) is 10.3. The first kappa shape index (κ1) is 40.0. The molecule has 57 heavy (non-hydrogen) atoms. The average Bonchev–Trinajstić information content (AvgIpc) is 3.76. The first-order valence-corrected chi connectivity index (χ1v) is 22.9. The molecule has 0 fully saturated rings. The maximum Gasteiger partial charge on any atom is 0.131 e. The van der Waals surface area contributed by atoms with Gasteiger partial charge in [-0.1, -0.05) is 141 Å². The zero-order valence-electron chi connectivity index (χ0n) is 33.3. The minimum Gasteiger partial charge on any atom is -0.501 e. The molecule has 9 rings (SSSR count). The Morgan fingerprint density at radius 3 is 1.96 bits per heavy atom. The summed E-state index contributed by atoms with van der Waals surface area (Å²) in [6.45, 7) is 16.0. The largest absolute Gasteiger partial charge is 0.501 e. The van der Waals surface area contributed by atoms with Crippen molar-refractivity contribution < 1.29 is 33.3 Å². The summed E-state index contributed by atoms with van der Waals surface area (Å²) in [4.78, 5) is 9.40. The Kier molecular flexibility index (Phi) is 11.5. The molecule has 0 N–H and O–H groups in total. The van der Waals surface area contributed by atoms with Crippen molar-refractivity contribution >= 4 is 57.1 Å². The van der Waals surface area contributed by atoms with Gasteiger partial charge in [0.25, 0.3) is 0 Å². The Balaban J connectivity index is 0.000000172. The molecule has 0 saturated heterocycles. The molecule has 1 radical (unpaired) electrons. The van der Waals surface area contributed by atoms with E-state index in [1.54, 1.807) is 12.1 Å². The summed E-state index contributed by atoms with van der Waals surface area (Å²) in [6.07, 6.45) is 5.01. The summed E-state index contributed by atoms with van der Waals surface area (Å²) in [5.74, 6) is 0.781. The first-order chi connectivity index (χ1) is 27.0. The number of benzene rings is 5. The SMILES string of the molecule is CC(C)Cc1cc(-c2[c-]ccc3c2oc2ccccc23)ncc1[Si](C)(C)C.CC(C)c1ccnc(-c2[c-]ccc3c2oc2cc(-c4ccccc4F)ccc23)c1.[Ir]. The van der Waals surface area contributed by atoms with Gasteiger partial charge in [-0.25, -0.2) is 4.39 Å². The van der Waals surface area contributed by atoms with Gasteiger partial charge >= 0.3 is 0 Å². The topological polar surface area (TPSA) is 52.1 Å². The number of fused-ring (bicyclic) bond motifs is 6. The van der Waals surface area contributed by atoms with Crippen LogP contribution in [0.15, 0.2) is 130 Å². The van der Waals surface area contributed by atoms with Crippen LogP contribution in [-0.4, -0.2) is 18.0 Å². The number of nitrogens with zero attached hydrogens (tertiary/aromatic N) is 2. The van der Waals surface area contributed by atoms with Crippen LogP contribution in [-0.2, 0) is 26.5 Å². The van der Waals surface area contributed by atoms with Crippen molar-refractivity contribution in [3.63, 3.8) is 0 Å². The van der Waals surface area contributed by atoms with E-state index in [9.17, 15) is 4.39 Å². The van der Waals surface area contributed by atoms with Gasteiger partial charge in [-0.15, -0.1) is 36.4 Å². The van der Waals surface area contributed by atoms with Crippen molar-refractivity contribution in [1.82, 2.24) is 9.97 Å². The van der Waals surface area contributed by atoms with Gasteiger partial charge in [-0.05, 0) is 64.7 Å². The fourth-order valence-electron chi connectivity index (χ4n) is 7.54. The molecule has 0 saturated carbocycles. The second kappa shape index (κ2) is 16.3. The Labute approximate surface area is 348 Å². The fourth-order valence-corrected chi connectivity index (χ4v) is 9.13. The third kappa shape index (κ3) is 8.02. The second-order valence-electron chi connectivity index (χ2n) is 16.3. The van der Waals surface area contributed by atoms with Gasteiger partial charge < -0.3 is 18.8 Å². The molecule has 4 nitrogen and oxygen atoms in total. The molecule has 7 heteroatoms. The number of halogens is 1. The van der Waals surface area contributed by atoms with E-state index in [-0.39, 0.29) is 25.9 Å². The first-order valence-electron chi connectivity index (χ1n) is 19.4. The van der Waals surface area contributed by atoms with E-state index in [1.807, 2.05) is 66.9 Å². The van der Waals surface area contributed by atoms with E-state index < -0.39 is 8.07 Å². The maximum absolute atomic E-state index is 14.2. The van der Waals surface area contributed by atoms with E-state index in [2.05, 4.69) is 101 Å². The summed E-state index contributed by atoms with van der Waals surface area (Å²) in [5, 5.41) is 5.72. The van der Waals surface area contributed by atoms with Crippen molar-refractivity contribution in [2.45, 2.75) is 59.7 Å². The normalized spacial score (nSPS) is 11.8. The van der Waals surface area contributed by atoms with Gasteiger partial charge in [-0.2, -0.15) is 0 Å². The van der Waals surface area contributed by atoms with Crippen molar-refractivity contribution in [2.24, 2.45) is 5.92 Å². The number of aromatic nitrogens is 2. The molecule has 0 bridgehead atoms. The predicted molar refractivity (Wildman–Crippen MR) is 233 cm³/mol. The Morgan fingerprint density at radius 2 is 1.30 bits per heavy atom. The van der Waals surface area contributed by atoms with Crippen LogP contribution in [0.4, 0.5) is 4.39 Å². The van der Waals surface area contributed by atoms with Crippen LogP contribution in [0.2, 0.25) is 19.6 Å². The number of hydrogen-bond acceptors (Lipinski definition) is 4. The summed E-state index contributed by atoms with van der Waals surface area (Å²) < 4.78 is 26.7. The van der Waals surface area contributed by atoms with Gasteiger partial charge in [0.15, 0.2) is 0 Å². The van der Waals surface area contributed by atoms with Gasteiger partial charge in [0.1, 0.15) is 17.0 Å². The molecule has 0 aliphatic carbocycles. The van der Waals surface area contributed by atoms with Crippen molar-refractivity contribution in [1.29, 1.82) is 0 Å². The molecular formula is C50H45FIrN2O2Si-2. The zero-order valence-corrected chi connectivity index (χ0v) is 36.7. The molecule has 0 amide bonds. The number of rotatable bonds is 7. The smallest absolute Gasteiger partial charge is 0.131 e. The number of pyridine rings is 2. The second-order valence-corrected chi connectivity index (χ2v) is 21.3. The maximum atomic E-state index is 14.2. The minimum atomic E-state index is -1.44. The molecular weight excluding hydrogens is 900 g/mol. The van der Waals surface area contributed by atoms with Gasteiger partial charge in [0.2, 0.25) is 0 Å². The van der Waals surface area contributed by atoms with Crippen LogP contribution in [0.1, 0.15) is 44.7 Å². The summed E-state index contributed by atoms with van der Waals surface area (Å²) in [5.41, 5.74) is 10.9. The minimum absolute atomic E-state index is 0. The van der Waals surface area contributed by atoms with E-state index >= 15 is 0 Å². The number of para-hydroxylation sites is 1. The molecule has 0 spiro atoms. The third-order valence-corrected chi connectivity index (χ3v) is 12.4. The van der Waals surface area contributed by atoms with Crippen LogP contribution in [0.25, 0.3) is 77.5 Å². The van der Waals surface area contributed by atoms with Crippen LogP contribution < -0.4 is 5.19 Å². The molecule has 5 aromatic carbocycles. The molecule has 4 aromatic heterocycles. The monoisotopic (exact) mass is 945 g/mol. The van der Waals surface area contributed by atoms with E-state index in [4.69, 9.17) is 13.8 Å². The Morgan fingerprint density at radius 1 is 0.667 bits per heavy atom. The standard InChI is InChI=1S/C26H19FNO.C24H26NOSi.Ir/c1-16(2)17-12-13-28-24(14-17)22-8-5-7-21-20-11-10-18(15-25(20)29-26(21)22)19-6-3-4-9-23(19)27;1-16(2)13-17-14-21(25-15-23(17)27(3,4)5)20-11-8-10-19-18-9-6-7-12-22(18)26-24(19)20;/h3-7,9-16H,1-2H3;6-10,12,14-16H,13H2,1-5H3;/q2*-1;. The van der Waals surface area contributed by atoms with E-state index in [0.29, 0.717) is 17.4 Å². The van der Waals surface area contributed by atoms with Crippen LogP contribution in [0, 0.1) is 23.9 Å². The zero-order chi connectivity index (χ0) is 39.1. The Bertz CT molecular complexity index is 2870. The van der Waals surface area contributed by atoms with Gasteiger partial charge in [0, 0.05) is 48.8 Å². The van der Waals surface area contributed by atoms with Crippen LogP contribution >= 0.6 is 0 Å². The molecule has 4 heterocycles. The molecule has 0 unspecified atom stereocenters.